The third-order valence-corrected chi connectivity index (χ3v) is 5.39. The number of nitrogens with two attached hydrogens (primary N) is 1. The third-order valence-electron chi connectivity index (χ3n) is 5.39. The van der Waals surface area contributed by atoms with Crippen molar-refractivity contribution in [2.24, 2.45) is 5.73 Å². The van der Waals surface area contributed by atoms with Crippen molar-refractivity contribution in [2.45, 2.75) is 37.8 Å². The van der Waals surface area contributed by atoms with E-state index in [4.69, 9.17) is 5.73 Å². The summed E-state index contributed by atoms with van der Waals surface area (Å²) in [7, 11) is 0. The van der Waals surface area contributed by atoms with Gasteiger partial charge in [0.2, 0.25) is 5.95 Å². The zero-order valence-corrected chi connectivity index (χ0v) is 16.0. The van der Waals surface area contributed by atoms with Crippen LogP contribution in [0.15, 0.2) is 49.1 Å². The average Bonchev–Trinajstić information content (AvgIpc) is 3.34. The highest BCUT2D eigenvalue weighted by molar-refractivity contribution is 5.75. The van der Waals surface area contributed by atoms with Crippen LogP contribution < -0.4 is 11.1 Å². The molecule has 0 aromatic carbocycles. The molecular formula is C20H21N9. The standard InChI is InChI=1S/C20H21N9/c1-13-10-24-19(28-27-13)26-15-6-7-20(21,9-15)17-5-4-16(12-23-17)29-18-14(11-25-29)3-2-8-22-18/h2-5,8,10-12,15H,6-7,9,21H2,1H3,(H,24,26,28). The molecule has 146 valence electrons. The first-order chi connectivity index (χ1) is 14.1. The lowest BCUT2D eigenvalue weighted by molar-refractivity contribution is 0.442. The third kappa shape index (κ3) is 3.29. The molecule has 1 aliphatic carbocycles. The summed E-state index contributed by atoms with van der Waals surface area (Å²) in [6, 6.07) is 8.05. The molecule has 0 saturated heterocycles. The molecule has 0 aliphatic heterocycles. The van der Waals surface area contributed by atoms with Crippen molar-refractivity contribution in [3.63, 3.8) is 0 Å². The van der Waals surface area contributed by atoms with Gasteiger partial charge in [0.25, 0.3) is 0 Å². The molecule has 4 aromatic heterocycles. The lowest BCUT2D eigenvalue weighted by atomic mass is 9.93. The minimum absolute atomic E-state index is 0.185. The molecule has 5 rings (SSSR count). The summed E-state index contributed by atoms with van der Waals surface area (Å²) < 4.78 is 1.79. The zero-order valence-electron chi connectivity index (χ0n) is 16.0. The number of nitrogens with zero attached hydrogens (tertiary/aromatic N) is 7. The highest BCUT2D eigenvalue weighted by Gasteiger charge is 2.38. The van der Waals surface area contributed by atoms with Crippen molar-refractivity contribution in [1.82, 2.24) is 34.9 Å². The molecule has 9 heteroatoms. The maximum absolute atomic E-state index is 6.71. The number of pyridine rings is 2. The minimum atomic E-state index is -0.487. The van der Waals surface area contributed by atoms with E-state index in [1.165, 1.54) is 0 Å². The fourth-order valence-electron chi connectivity index (χ4n) is 3.87. The summed E-state index contributed by atoms with van der Waals surface area (Å²) in [5.74, 6) is 0.534. The number of hydrogen-bond donors (Lipinski definition) is 2. The first kappa shape index (κ1) is 17.6. The van der Waals surface area contributed by atoms with Gasteiger partial charge in [-0.15, -0.1) is 5.10 Å². The van der Waals surface area contributed by atoms with Crippen molar-refractivity contribution in [3.8, 4) is 5.69 Å². The molecule has 29 heavy (non-hydrogen) atoms. The minimum Gasteiger partial charge on any atom is -0.350 e. The molecular weight excluding hydrogens is 366 g/mol. The second-order valence-electron chi connectivity index (χ2n) is 7.54. The van der Waals surface area contributed by atoms with Crippen LogP contribution in [0, 0.1) is 6.92 Å². The molecule has 0 bridgehead atoms. The normalized spacial score (nSPS) is 21.5. The first-order valence-corrected chi connectivity index (χ1v) is 9.58. The first-order valence-electron chi connectivity index (χ1n) is 9.58. The van der Waals surface area contributed by atoms with Crippen LogP contribution in [0.4, 0.5) is 5.95 Å². The van der Waals surface area contributed by atoms with Gasteiger partial charge in [0.15, 0.2) is 5.65 Å². The molecule has 4 heterocycles. The second-order valence-corrected chi connectivity index (χ2v) is 7.54. The lowest BCUT2D eigenvalue weighted by Gasteiger charge is -2.24. The Balaban J connectivity index is 1.34. The molecule has 0 amide bonds. The van der Waals surface area contributed by atoms with Crippen molar-refractivity contribution >= 4 is 17.0 Å². The van der Waals surface area contributed by atoms with E-state index in [-0.39, 0.29) is 6.04 Å². The summed E-state index contributed by atoms with van der Waals surface area (Å²) in [4.78, 5) is 13.3. The number of anilines is 1. The Labute approximate surface area is 167 Å². The van der Waals surface area contributed by atoms with Gasteiger partial charge in [-0.25, -0.2) is 14.6 Å². The predicted octanol–water partition coefficient (Wildman–Crippen LogP) is 2.13. The Bertz CT molecular complexity index is 1140. The molecule has 9 nitrogen and oxygen atoms in total. The number of fused-ring (bicyclic) bond motifs is 1. The highest BCUT2D eigenvalue weighted by Crippen LogP contribution is 2.36. The van der Waals surface area contributed by atoms with E-state index in [1.807, 2.05) is 31.2 Å². The van der Waals surface area contributed by atoms with Gasteiger partial charge in [0, 0.05) is 17.6 Å². The summed E-state index contributed by atoms with van der Waals surface area (Å²) in [5.41, 5.74) is 9.56. The van der Waals surface area contributed by atoms with Gasteiger partial charge < -0.3 is 11.1 Å². The highest BCUT2D eigenvalue weighted by atomic mass is 15.3. The van der Waals surface area contributed by atoms with Crippen LogP contribution in [-0.4, -0.2) is 41.0 Å². The Morgan fingerprint density at radius 3 is 2.83 bits per heavy atom. The number of hydrogen-bond acceptors (Lipinski definition) is 8. The van der Waals surface area contributed by atoms with Crippen LogP contribution in [-0.2, 0) is 5.54 Å². The predicted molar refractivity (Wildman–Crippen MR) is 108 cm³/mol. The van der Waals surface area contributed by atoms with Gasteiger partial charge in [-0.2, -0.15) is 10.2 Å². The second kappa shape index (κ2) is 6.85. The molecule has 1 aliphatic rings. The fraction of sp³-hybridized carbons (Fsp3) is 0.300. The number of nitrogens with one attached hydrogen (secondary N) is 1. The smallest absolute Gasteiger partial charge is 0.242 e. The van der Waals surface area contributed by atoms with Crippen molar-refractivity contribution in [1.29, 1.82) is 0 Å². The molecule has 0 radical (unpaired) electrons. The summed E-state index contributed by atoms with van der Waals surface area (Å²) in [6.45, 7) is 1.86. The topological polar surface area (TPSA) is 120 Å². The van der Waals surface area contributed by atoms with Gasteiger partial charge in [0.1, 0.15) is 0 Å². The molecule has 4 aromatic rings. The van der Waals surface area contributed by atoms with Crippen LogP contribution >= 0.6 is 0 Å². The SMILES string of the molecule is Cc1cnc(NC2CCC(N)(c3ccc(-n4ncc5cccnc54)cn3)C2)nn1. The van der Waals surface area contributed by atoms with Gasteiger partial charge in [0.05, 0.1) is 41.2 Å². The average molecular weight is 387 g/mol. The Morgan fingerprint density at radius 1 is 1.10 bits per heavy atom. The van der Waals surface area contributed by atoms with Crippen molar-refractivity contribution in [3.05, 3.63) is 60.4 Å². The Morgan fingerprint density at radius 2 is 2.03 bits per heavy atom. The summed E-state index contributed by atoms with van der Waals surface area (Å²) in [6.07, 6.45) is 9.58. The van der Waals surface area contributed by atoms with Crippen LogP contribution in [0.25, 0.3) is 16.7 Å². The maximum atomic E-state index is 6.71. The van der Waals surface area contributed by atoms with E-state index < -0.39 is 5.54 Å². The van der Waals surface area contributed by atoms with Gasteiger partial charge in [-0.1, -0.05) is 0 Å². The quantitative estimate of drug-likeness (QED) is 0.546. The fourth-order valence-corrected chi connectivity index (χ4v) is 3.87. The van der Waals surface area contributed by atoms with Gasteiger partial charge >= 0.3 is 0 Å². The zero-order chi connectivity index (χ0) is 19.8. The summed E-state index contributed by atoms with van der Waals surface area (Å²) in [5, 5.41) is 16.9. The van der Waals surface area contributed by atoms with E-state index in [0.717, 1.165) is 47.4 Å². The van der Waals surface area contributed by atoms with Crippen LogP contribution in [0.1, 0.15) is 30.7 Å². The van der Waals surface area contributed by atoms with Crippen molar-refractivity contribution in [2.75, 3.05) is 5.32 Å². The number of aryl methyl sites for hydroxylation is 1. The maximum Gasteiger partial charge on any atom is 0.242 e. The van der Waals surface area contributed by atoms with Crippen LogP contribution in [0.3, 0.4) is 0 Å². The molecule has 3 N–H and O–H groups in total. The molecule has 0 spiro atoms. The molecule has 2 atom stereocenters. The van der Waals surface area contributed by atoms with E-state index in [1.54, 1.807) is 29.5 Å². The summed E-state index contributed by atoms with van der Waals surface area (Å²) >= 11 is 0. The van der Waals surface area contributed by atoms with Gasteiger partial charge in [-0.05, 0) is 50.5 Å². The largest absolute Gasteiger partial charge is 0.350 e. The van der Waals surface area contributed by atoms with E-state index >= 15 is 0 Å². The van der Waals surface area contributed by atoms with E-state index in [9.17, 15) is 0 Å². The lowest BCUT2D eigenvalue weighted by Crippen LogP contribution is -2.36. The monoisotopic (exact) mass is 387 g/mol. The Hall–Kier alpha value is -3.46. The van der Waals surface area contributed by atoms with E-state index in [2.05, 4.69) is 35.6 Å². The Kier molecular flexibility index (Phi) is 4.17. The number of rotatable bonds is 4. The molecule has 1 saturated carbocycles. The van der Waals surface area contributed by atoms with E-state index in [0.29, 0.717) is 5.95 Å². The molecule has 2 unspecified atom stereocenters. The number of aromatic nitrogens is 7. The van der Waals surface area contributed by atoms with Crippen LogP contribution in [0.2, 0.25) is 0 Å². The van der Waals surface area contributed by atoms with Crippen LogP contribution in [0.5, 0.6) is 0 Å². The van der Waals surface area contributed by atoms with Gasteiger partial charge in [-0.3, -0.25) is 4.98 Å². The van der Waals surface area contributed by atoms with Crippen molar-refractivity contribution < 1.29 is 0 Å². The molecule has 1 fully saturated rings.